The molecule has 0 aromatic heterocycles. The Hall–Kier alpha value is -3.40. The van der Waals surface area contributed by atoms with Crippen molar-refractivity contribution in [2.75, 3.05) is 19.5 Å². The average Bonchev–Trinajstić information content (AvgIpc) is 2.78. The van der Waals surface area contributed by atoms with Crippen molar-refractivity contribution in [3.63, 3.8) is 0 Å². The Kier molecular flexibility index (Phi) is 7.14. The summed E-state index contributed by atoms with van der Waals surface area (Å²) in [7, 11) is 2.83. The molecule has 0 aliphatic heterocycles. The molecule has 3 aromatic rings. The van der Waals surface area contributed by atoms with Gasteiger partial charge < -0.3 is 19.9 Å². The third kappa shape index (κ3) is 4.75. The summed E-state index contributed by atoms with van der Waals surface area (Å²) in [5.74, 6) is -1.01. The summed E-state index contributed by atoms with van der Waals surface area (Å²) in [5, 5.41) is 23.7. The number of benzene rings is 3. The van der Waals surface area contributed by atoms with E-state index in [2.05, 4.69) is 11.4 Å². The van der Waals surface area contributed by atoms with E-state index in [-0.39, 0.29) is 17.1 Å². The Labute approximate surface area is 195 Å². The maximum absolute atomic E-state index is 12.9. The monoisotopic (exact) mass is 470 g/mol. The number of aryl methyl sites for hydroxylation is 1. The first kappa shape index (κ1) is 23.3. The average molecular weight is 471 g/mol. The number of hydrogen-bond donors (Lipinski definition) is 2. The molecule has 0 fully saturated rings. The quantitative estimate of drug-likeness (QED) is 0.465. The SMILES string of the molecule is COc1cc(OC)c(O)c(C(=O)Nc2cc(Cl)c(C(C#N)c3ccc(Cl)cc3)cc2C)c1. The van der Waals surface area contributed by atoms with Gasteiger partial charge in [-0.15, -0.1) is 0 Å². The fourth-order valence-electron chi connectivity index (χ4n) is 3.26. The molecule has 1 amide bonds. The Balaban J connectivity index is 1.94. The molecule has 0 spiro atoms. The van der Waals surface area contributed by atoms with Gasteiger partial charge in [-0.25, -0.2) is 0 Å². The molecule has 3 aromatic carbocycles. The van der Waals surface area contributed by atoms with Gasteiger partial charge in [-0.3, -0.25) is 4.79 Å². The highest BCUT2D eigenvalue weighted by Crippen LogP contribution is 2.37. The van der Waals surface area contributed by atoms with Crippen molar-refractivity contribution < 1.29 is 19.4 Å². The molecule has 0 aliphatic rings. The van der Waals surface area contributed by atoms with E-state index in [1.54, 1.807) is 43.3 Å². The lowest BCUT2D eigenvalue weighted by molar-refractivity contribution is 0.102. The lowest BCUT2D eigenvalue weighted by atomic mass is 9.91. The Morgan fingerprint density at radius 1 is 1.09 bits per heavy atom. The maximum atomic E-state index is 12.9. The van der Waals surface area contributed by atoms with Gasteiger partial charge in [0, 0.05) is 21.8 Å². The molecular weight excluding hydrogens is 451 g/mol. The van der Waals surface area contributed by atoms with Crippen LogP contribution in [0, 0.1) is 18.3 Å². The number of phenols is 1. The number of halogens is 2. The van der Waals surface area contributed by atoms with Crippen molar-refractivity contribution >= 4 is 34.8 Å². The van der Waals surface area contributed by atoms with Crippen LogP contribution in [0.15, 0.2) is 48.5 Å². The molecule has 0 aliphatic carbocycles. The number of methoxy groups -OCH3 is 2. The van der Waals surface area contributed by atoms with E-state index in [9.17, 15) is 15.2 Å². The van der Waals surface area contributed by atoms with Crippen molar-refractivity contribution in [3.8, 4) is 23.3 Å². The Morgan fingerprint density at radius 3 is 2.38 bits per heavy atom. The molecular formula is C24H20Cl2N2O4. The fourth-order valence-corrected chi connectivity index (χ4v) is 3.66. The number of aromatic hydroxyl groups is 1. The molecule has 1 atom stereocenters. The van der Waals surface area contributed by atoms with Crippen LogP contribution in [0.1, 0.15) is 33.0 Å². The maximum Gasteiger partial charge on any atom is 0.259 e. The highest BCUT2D eigenvalue weighted by molar-refractivity contribution is 6.32. The molecule has 0 bridgehead atoms. The van der Waals surface area contributed by atoms with Crippen molar-refractivity contribution in [1.29, 1.82) is 5.26 Å². The molecule has 0 saturated heterocycles. The number of carbonyl (C=O) groups is 1. The second kappa shape index (κ2) is 9.82. The van der Waals surface area contributed by atoms with Crippen LogP contribution in [0.2, 0.25) is 10.0 Å². The number of amides is 1. The standard InChI is InChI=1S/C24H20Cl2N2O4/c1-13-8-17(19(12-27)14-4-6-15(25)7-5-14)20(26)11-21(13)28-24(30)18-9-16(31-2)10-22(32-3)23(18)29/h4-11,19,29H,1-3H3,(H,28,30). The number of carbonyl (C=O) groups excluding carboxylic acids is 1. The van der Waals surface area contributed by atoms with Gasteiger partial charge in [0.1, 0.15) is 5.75 Å². The highest BCUT2D eigenvalue weighted by Gasteiger charge is 2.21. The molecule has 32 heavy (non-hydrogen) atoms. The lowest BCUT2D eigenvalue weighted by Crippen LogP contribution is -2.14. The van der Waals surface area contributed by atoms with E-state index in [4.69, 9.17) is 32.7 Å². The summed E-state index contributed by atoms with van der Waals surface area (Å²) >= 11 is 12.4. The van der Waals surface area contributed by atoms with Gasteiger partial charge in [-0.2, -0.15) is 5.26 Å². The summed E-state index contributed by atoms with van der Waals surface area (Å²) < 4.78 is 10.3. The minimum atomic E-state index is -0.602. The molecule has 164 valence electrons. The summed E-state index contributed by atoms with van der Waals surface area (Å²) in [6, 6.07) is 15.5. The first-order chi connectivity index (χ1) is 15.3. The van der Waals surface area contributed by atoms with E-state index in [1.807, 2.05) is 0 Å². The van der Waals surface area contributed by atoms with E-state index >= 15 is 0 Å². The van der Waals surface area contributed by atoms with Gasteiger partial charge in [-0.1, -0.05) is 41.4 Å². The van der Waals surface area contributed by atoms with Crippen LogP contribution < -0.4 is 14.8 Å². The van der Waals surface area contributed by atoms with Gasteiger partial charge in [0.15, 0.2) is 11.5 Å². The zero-order chi connectivity index (χ0) is 23.4. The first-order valence-corrected chi connectivity index (χ1v) is 10.3. The number of nitrogens with zero attached hydrogens (tertiary/aromatic N) is 1. The van der Waals surface area contributed by atoms with Crippen LogP contribution in [0.3, 0.4) is 0 Å². The second-order valence-electron chi connectivity index (χ2n) is 6.98. The van der Waals surface area contributed by atoms with Crippen molar-refractivity contribution in [1.82, 2.24) is 0 Å². The number of ether oxygens (including phenoxy) is 2. The van der Waals surface area contributed by atoms with Crippen LogP contribution in [-0.2, 0) is 0 Å². The third-order valence-electron chi connectivity index (χ3n) is 4.98. The number of hydrogen-bond acceptors (Lipinski definition) is 5. The number of phenolic OH excluding ortho intramolecular Hbond substituents is 1. The summed E-state index contributed by atoms with van der Waals surface area (Å²) in [4.78, 5) is 12.9. The van der Waals surface area contributed by atoms with Crippen molar-refractivity contribution in [2.24, 2.45) is 0 Å². The summed E-state index contributed by atoms with van der Waals surface area (Å²) in [6.45, 7) is 1.79. The minimum absolute atomic E-state index is 0.0168. The highest BCUT2D eigenvalue weighted by atomic mass is 35.5. The molecule has 6 nitrogen and oxygen atoms in total. The third-order valence-corrected chi connectivity index (χ3v) is 5.56. The van der Waals surface area contributed by atoms with Gasteiger partial charge in [0.05, 0.1) is 31.8 Å². The first-order valence-electron chi connectivity index (χ1n) is 9.50. The summed E-state index contributed by atoms with van der Waals surface area (Å²) in [6.07, 6.45) is 0. The Bertz CT molecular complexity index is 1200. The predicted octanol–water partition coefficient (Wildman–Crippen LogP) is 5.93. The largest absolute Gasteiger partial charge is 0.504 e. The van der Waals surface area contributed by atoms with Crippen LogP contribution in [0.4, 0.5) is 5.69 Å². The smallest absolute Gasteiger partial charge is 0.259 e. The second-order valence-corrected chi connectivity index (χ2v) is 7.83. The molecule has 0 radical (unpaired) electrons. The van der Waals surface area contributed by atoms with E-state index in [1.165, 1.54) is 26.4 Å². The predicted molar refractivity (Wildman–Crippen MR) is 124 cm³/mol. The topological polar surface area (TPSA) is 91.6 Å². The zero-order valence-electron chi connectivity index (χ0n) is 17.6. The van der Waals surface area contributed by atoms with Gasteiger partial charge in [0.2, 0.25) is 0 Å². The van der Waals surface area contributed by atoms with Gasteiger partial charge in [0.25, 0.3) is 5.91 Å². The molecule has 8 heteroatoms. The minimum Gasteiger partial charge on any atom is -0.504 e. The lowest BCUT2D eigenvalue weighted by Gasteiger charge is -2.17. The Morgan fingerprint density at radius 2 is 1.78 bits per heavy atom. The zero-order valence-corrected chi connectivity index (χ0v) is 19.1. The van der Waals surface area contributed by atoms with Gasteiger partial charge >= 0.3 is 0 Å². The number of nitriles is 1. The molecule has 0 saturated carbocycles. The fraction of sp³-hybridized carbons (Fsp3) is 0.167. The van der Waals surface area contributed by atoms with Gasteiger partial charge in [-0.05, 0) is 47.9 Å². The molecule has 1 unspecified atom stereocenters. The molecule has 0 heterocycles. The van der Waals surface area contributed by atoms with Crippen molar-refractivity contribution in [3.05, 3.63) is 80.8 Å². The summed E-state index contributed by atoms with van der Waals surface area (Å²) in [5.41, 5.74) is 2.48. The number of rotatable bonds is 6. The van der Waals surface area contributed by atoms with Crippen LogP contribution in [-0.4, -0.2) is 25.2 Å². The normalized spacial score (nSPS) is 11.4. The van der Waals surface area contributed by atoms with Crippen LogP contribution >= 0.6 is 23.2 Å². The van der Waals surface area contributed by atoms with Crippen molar-refractivity contribution in [2.45, 2.75) is 12.8 Å². The van der Waals surface area contributed by atoms with Crippen LogP contribution in [0.25, 0.3) is 0 Å². The molecule has 2 N–H and O–H groups in total. The van der Waals surface area contributed by atoms with E-state index in [0.717, 1.165) is 5.56 Å². The van der Waals surface area contributed by atoms with Crippen LogP contribution in [0.5, 0.6) is 17.2 Å². The number of nitrogens with one attached hydrogen (secondary N) is 1. The van der Waals surface area contributed by atoms with E-state index in [0.29, 0.717) is 32.6 Å². The molecule has 3 rings (SSSR count). The number of anilines is 1. The van der Waals surface area contributed by atoms with E-state index < -0.39 is 11.8 Å².